The molecule has 0 aliphatic rings. The molecule has 1 aromatic carbocycles. The molecule has 0 bridgehead atoms. The maximum absolute atomic E-state index is 13.2. The van der Waals surface area contributed by atoms with Gasteiger partial charge < -0.3 is 15.8 Å². The van der Waals surface area contributed by atoms with Crippen LogP contribution in [-0.4, -0.2) is 19.1 Å². The number of carbonyl (C=O) groups excluding carboxylic acids is 1. The Hall–Kier alpha value is -1.30. The lowest BCUT2D eigenvalue weighted by Gasteiger charge is -2.09. The van der Waals surface area contributed by atoms with Crippen LogP contribution in [-0.2, 0) is 4.79 Å². The molecule has 0 unspecified atom stereocenters. The Bertz CT molecular complexity index is 413. The molecular formula is C11H14BrFN2O2. The summed E-state index contributed by atoms with van der Waals surface area (Å²) in [5.41, 5.74) is 5.97. The molecule has 3 N–H and O–H groups in total. The van der Waals surface area contributed by atoms with E-state index in [1.54, 1.807) is 0 Å². The Labute approximate surface area is 107 Å². The van der Waals surface area contributed by atoms with E-state index in [0.29, 0.717) is 12.2 Å². The second kappa shape index (κ2) is 6.44. The van der Waals surface area contributed by atoms with Gasteiger partial charge in [0.2, 0.25) is 5.91 Å². The van der Waals surface area contributed by atoms with Crippen LogP contribution in [0.2, 0.25) is 0 Å². The quantitative estimate of drug-likeness (QED) is 0.819. The van der Waals surface area contributed by atoms with Gasteiger partial charge in [0, 0.05) is 12.6 Å². The van der Waals surface area contributed by atoms with E-state index in [4.69, 9.17) is 10.5 Å². The zero-order valence-corrected chi connectivity index (χ0v) is 11.0. The lowest BCUT2D eigenvalue weighted by molar-refractivity contribution is -0.121. The average Bonchev–Trinajstić information content (AvgIpc) is 2.26. The molecule has 6 heteroatoms. The van der Waals surface area contributed by atoms with Gasteiger partial charge >= 0.3 is 0 Å². The van der Waals surface area contributed by atoms with E-state index >= 15 is 0 Å². The van der Waals surface area contributed by atoms with Crippen molar-refractivity contribution >= 4 is 27.5 Å². The first kappa shape index (κ1) is 13.8. The van der Waals surface area contributed by atoms with Crippen molar-refractivity contribution in [3.05, 3.63) is 22.4 Å². The molecule has 0 aliphatic heterocycles. The Morgan fingerprint density at radius 1 is 1.59 bits per heavy atom. The third-order valence-electron chi connectivity index (χ3n) is 2.01. The van der Waals surface area contributed by atoms with Crippen molar-refractivity contribution in [3.8, 4) is 5.75 Å². The summed E-state index contributed by atoms with van der Waals surface area (Å²) in [7, 11) is 0. The summed E-state index contributed by atoms with van der Waals surface area (Å²) < 4.78 is 18.7. The Morgan fingerprint density at radius 3 is 2.94 bits per heavy atom. The molecule has 0 radical (unpaired) electrons. The minimum Gasteiger partial charge on any atom is -0.491 e. The van der Waals surface area contributed by atoms with Crippen molar-refractivity contribution in [1.29, 1.82) is 0 Å². The molecule has 0 fully saturated rings. The smallest absolute Gasteiger partial charge is 0.223 e. The first-order chi connectivity index (χ1) is 8.04. The number of halogens is 2. The maximum Gasteiger partial charge on any atom is 0.223 e. The standard InChI is InChI=1S/C11H14BrFN2O2/c1-2-15-11(16)3-4-17-10-6-8(13)7(12)5-9(10)14/h5-6H,2-4,14H2,1H3,(H,15,16). The molecule has 94 valence electrons. The molecule has 4 nitrogen and oxygen atoms in total. The van der Waals surface area contributed by atoms with Gasteiger partial charge in [-0.05, 0) is 28.9 Å². The fourth-order valence-electron chi connectivity index (χ4n) is 1.21. The molecule has 0 saturated heterocycles. The van der Waals surface area contributed by atoms with Crippen molar-refractivity contribution in [3.63, 3.8) is 0 Å². The summed E-state index contributed by atoms with van der Waals surface area (Å²) in [5, 5.41) is 2.64. The van der Waals surface area contributed by atoms with Gasteiger partial charge in [-0.15, -0.1) is 0 Å². The highest BCUT2D eigenvalue weighted by atomic mass is 79.9. The summed E-state index contributed by atoms with van der Waals surface area (Å²) in [5.74, 6) is -0.314. The molecule has 1 aromatic rings. The van der Waals surface area contributed by atoms with E-state index in [2.05, 4.69) is 21.2 Å². The molecule has 1 rings (SSSR count). The molecule has 0 aromatic heterocycles. The SMILES string of the molecule is CCNC(=O)CCOc1cc(F)c(Br)cc1N. The highest BCUT2D eigenvalue weighted by Gasteiger charge is 2.07. The molecule has 0 heterocycles. The predicted molar refractivity (Wildman–Crippen MR) is 67.3 cm³/mol. The largest absolute Gasteiger partial charge is 0.491 e. The van der Waals surface area contributed by atoms with Crippen LogP contribution < -0.4 is 15.8 Å². The number of nitrogens with one attached hydrogen (secondary N) is 1. The van der Waals surface area contributed by atoms with Crippen LogP contribution >= 0.6 is 15.9 Å². The monoisotopic (exact) mass is 304 g/mol. The average molecular weight is 305 g/mol. The number of amides is 1. The van der Waals surface area contributed by atoms with Gasteiger partial charge in [-0.25, -0.2) is 4.39 Å². The van der Waals surface area contributed by atoms with Gasteiger partial charge in [-0.2, -0.15) is 0 Å². The number of rotatable bonds is 5. The zero-order chi connectivity index (χ0) is 12.8. The number of benzene rings is 1. The van der Waals surface area contributed by atoms with Crippen molar-refractivity contribution in [2.75, 3.05) is 18.9 Å². The minimum atomic E-state index is -0.452. The summed E-state index contributed by atoms with van der Waals surface area (Å²) in [6, 6.07) is 2.62. The van der Waals surface area contributed by atoms with Gasteiger partial charge in [0.15, 0.2) is 0 Å². The van der Waals surface area contributed by atoms with Crippen LogP contribution in [0.15, 0.2) is 16.6 Å². The number of carbonyl (C=O) groups is 1. The van der Waals surface area contributed by atoms with Crippen LogP contribution in [0, 0.1) is 5.82 Å². The fourth-order valence-corrected chi connectivity index (χ4v) is 1.57. The van der Waals surface area contributed by atoms with E-state index in [0.717, 1.165) is 0 Å². The van der Waals surface area contributed by atoms with Crippen LogP contribution in [0.1, 0.15) is 13.3 Å². The molecule has 0 aliphatic carbocycles. The Balaban J connectivity index is 2.52. The van der Waals surface area contributed by atoms with Crippen LogP contribution in [0.5, 0.6) is 5.75 Å². The number of nitrogens with two attached hydrogens (primary N) is 1. The van der Waals surface area contributed by atoms with Gasteiger partial charge in [-0.3, -0.25) is 4.79 Å². The third-order valence-corrected chi connectivity index (χ3v) is 2.62. The molecule has 17 heavy (non-hydrogen) atoms. The lowest BCUT2D eigenvalue weighted by atomic mass is 10.3. The number of ether oxygens (including phenoxy) is 1. The third kappa shape index (κ3) is 4.22. The fraction of sp³-hybridized carbons (Fsp3) is 0.364. The van der Waals surface area contributed by atoms with E-state index in [9.17, 15) is 9.18 Å². The Morgan fingerprint density at radius 2 is 2.29 bits per heavy atom. The number of hydrogen-bond donors (Lipinski definition) is 2. The van der Waals surface area contributed by atoms with Gasteiger partial charge in [0.25, 0.3) is 0 Å². The van der Waals surface area contributed by atoms with Crippen molar-refractivity contribution in [2.45, 2.75) is 13.3 Å². The molecule has 1 amide bonds. The molecule has 0 atom stereocenters. The van der Waals surface area contributed by atoms with Gasteiger partial charge in [0.05, 0.1) is 23.2 Å². The topological polar surface area (TPSA) is 64.3 Å². The summed E-state index contributed by atoms with van der Waals surface area (Å²) in [6.07, 6.45) is 0.213. The number of anilines is 1. The normalized spacial score (nSPS) is 10.1. The molecule has 0 saturated carbocycles. The van der Waals surface area contributed by atoms with E-state index in [1.165, 1.54) is 12.1 Å². The van der Waals surface area contributed by atoms with Crippen molar-refractivity contribution in [1.82, 2.24) is 5.32 Å². The highest BCUT2D eigenvalue weighted by Crippen LogP contribution is 2.28. The lowest BCUT2D eigenvalue weighted by Crippen LogP contribution is -2.24. The molecule has 0 spiro atoms. The van der Waals surface area contributed by atoms with Gasteiger partial charge in [-0.1, -0.05) is 0 Å². The van der Waals surface area contributed by atoms with Crippen molar-refractivity contribution in [2.24, 2.45) is 0 Å². The first-order valence-corrected chi connectivity index (χ1v) is 5.98. The number of nitrogen functional groups attached to an aromatic ring is 1. The maximum atomic E-state index is 13.2. The second-order valence-electron chi connectivity index (χ2n) is 3.36. The van der Waals surface area contributed by atoms with Gasteiger partial charge in [0.1, 0.15) is 11.6 Å². The highest BCUT2D eigenvalue weighted by molar-refractivity contribution is 9.10. The summed E-state index contributed by atoms with van der Waals surface area (Å²) >= 11 is 3.02. The van der Waals surface area contributed by atoms with Crippen LogP contribution in [0.4, 0.5) is 10.1 Å². The second-order valence-corrected chi connectivity index (χ2v) is 4.21. The van der Waals surface area contributed by atoms with E-state index in [-0.39, 0.29) is 29.2 Å². The van der Waals surface area contributed by atoms with Crippen LogP contribution in [0.3, 0.4) is 0 Å². The summed E-state index contributed by atoms with van der Waals surface area (Å²) in [4.78, 5) is 11.1. The zero-order valence-electron chi connectivity index (χ0n) is 9.43. The number of hydrogen-bond acceptors (Lipinski definition) is 3. The summed E-state index contributed by atoms with van der Waals surface area (Å²) in [6.45, 7) is 2.58. The minimum absolute atomic E-state index is 0.108. The molecular weight excluding hydrogens is 291 g/mol. The van der Waals surface area contributed by atoms with E-state index in [1.807, 2.05) is 6.92 Å². The van der Waals surface area contributed by atoms with E-state index < -0.39 is 5.82 Å². The Kier molecular flexibility index (Phi) is 5.21. The van der Waals surface area contributed by atoms with Crippen LogP contribution in [0.25, 0.3) is 0 Å². The van der Waals surface area contributed by atoms with Crippen molar-refractivity contribution < 1.29 is 13.9 Å². The first-order valence-electron chi connectivity index (χ1n) is 5.18. The predicted octanol–water partition coefficient (Wildman–Crippen LogP) is 2.08.